The minimum Gasteiger partial charge on any atom is -0.481 e. The van der Waals surface area contributed by atoms with Crippen molar-refractivity contribution in [1.29, 1.82) is 0 Å². The summed E-state index contributed by atoms with van der Waals surface area (Å²) in [7, 11) is -3.45. The SMILES string of the molecule is CC1CCC(NS(=O)(=O)N2CCC(C(=O)O)CC2)C1. The van der Waals surface area contributed by atoms with E-state index in [1.807, 2.05) is 0 Å². The highest BCUT2D eigenvalue weighted by atomic mass is 32.2. The molecule has 0 bridgehead atoms. The molecule has 6 nitrogen and oxygen atoms in total. The van der Waals surface area contributed by atoms with E-state index in [4.69, 9.17) is 5.11 Å². The van der Waals surface area contributed by atoms with Gasteiger partial charge in [-0.2, -0.15) is 17.4 Å². The Morgan fingerprint density at radius 1 is 1.21 bits per heavy atom. The van der Waals surface area contributed by atoms with Gasteiger partial charge in [-0.15, -0.1) is 0 Å². The van der Waals surface area contributed by atoms with Gasteiger partial charge < -0.3 is 5.11 Å². The van der Waals surface area contributed by atoms with Gasteiger partial charge in [0.2, 0.25) is 0 Å². The third kappa shape index (κ3) is 3.67. The molecule has 2 atom stereocenters. The maximum absolute atomic E-state index is 12.2. The smallest absolute Gasteiger partial charge is 0.306 e. The number of hydrogen-bond donors (Lipinski definition) is 2. The Bertz CT molecular complexity index is 429. The van der Waals surface area contributed by atoms with Crippen LogP contribution >= 0.6 is 0 Å². The molecular formula is C12H22N2O4S. The average Bonchev–Trinajstić information content (AvgIpc) is 2.74. The maximum Gasteiger partial charge on any atom is 0.306 e. The molecule has 1 aliphatic heterocycles. The molecule has 110 valence electrons. The van der Waals surface area contributed by atoms with E-state index in [0.29, 0.717) is 31.8 Å². The lowest BCUT2D eigenvalue weighted by Crippen LogP contribution is -2.48. The molecule has 0 amide bonds. The van der Waals surface area contributed by atoms with Gasteiger partial charge in [-0.1, -0.05) is 6.92 Å². The van der Waals surface area contributed by atoms with Crippen LogP contribution in [0.15, 0.2) is 0 Å². The van der Waals surface area contributed by atoms with Gasteiger partial charge in [0.1, 0.15) is 0 Å². The van der Waals surface area contributed by atoms with Gasteiger partial charge in [0, 0.05) is 19.1 Å². The maximum atomic E-state index is 12.2. The van der Waals surface area contributed by atoms with Crippen LogP contribution in [0, 0.1) is 11.8 Å². The average molecular weight is 290 g/mol. The molecule has 19 heavy (non-hydrogen) atoms. The minimum absolute atomic E-state index is 0.0391. The predicted molar refractivity (Wildman–Crippen MR) is 70.8 cm³/mol. The van der Waals surface area contributed by atoms with E-state index in [0.717, 1.165) is 19.3 Å². The molecule has 1 aliphatic carbocycles. The second-order valence-electron chi connectivity index (χ2n) is 5.75. The molecule has 1 saturated carbocycles. The van der Waals surface area contributed by atoms with Gasteiger partial charge in [0.15, 0.2) is 0 Å². The van der Waals surface area contributed by atoms with Crippen molar-refractivity contribution >= 4 is 16.2 Å². The Hall–Kier alpha value is -0.660. The lowest BCUT2D eigenvalue weighted by molar-refractivity contribution is -0.142. The van der Waals surface area contributed by atoms with Gasteiger partial charge in [-0.3, -0.25) is 4.79 Å². The van der Waals surface area contributed by atoms with Gasteiger partial charge in [0.25, 0.3) is 10.2 Å². The van der Waals surface area contributed by atoms with E-state index in [9.17, 15) is 13.2 Å². The molecule has 0 aromatic rings. The second kappa shape index (κ2) is 5.76. The molecule has 2 N–H and O–H groups in total. The highest BCUT2D eigenvalue weighted by Crippen LogP contribution is 2.26. The van der Waals surface area contributed by atoms with Gasteiger partial charge in [0.05, 0.1) is 5.92 Å². The summed E-state index contributed by atoms with van der Waals surface area (Å²) in [5.41, 5.74) is 0. The van der Waals surface area contributed by atoms with Crippen LogP contribution in [0.4, 0.5) is 0 Å². The zero-order chi connectivity index (χ0) is 14.0. The zero-order valence-electron chi connectivity index (χ0n) is 11.2. The number of carboxylic acids is 1. The van der Waals surface area contributed by atoms with E-state index in [2.05, 4.69) is 11.6 Å². The molecule has 2 rings (SSSR count). The largest absolute Gasteiger partial charge is 0.481 e. The predicted octanol–water partition coefficient (Wildman–Crippen LogP) is 0.806. The highest BCUT2D eigenvalue weighted by Gasteiger charge is 2.33. The fourth-order valence-electron chi connectivity index (χ4n) is 2.94. The van der Waals surface area contributed by atoms with E-state index in [1.54, 1.807) is 0 Å². The standard InChI is InChI=1S/C12H22N2O4S/c1-9-2-3-11(8-9)13-19(17,18)14-6-4-10(5-7-14)12(15)16/h9-11,13H,2-8H2,1H3,(H,15,16). The number of nitrogens with one attached hydrogen (secondary N) is 1. The van der Waals surface area contributed by atoms with Crippen LogP contribution in [0.25, 0.3) is 0 Å². The molecule has 1 saturated heterocycles. The van der Waals surface area contributed by atoms with Crippen LogP contribution in [0.2, 0.25) is 0 Å². The van der Waals surface area contributed by atoms with Gasteiger partial charge >= 0.3 is 5.97 Å². The van der Waals surface area contributed by atoms with Crippen molar-refractivity contribution < 1.29 is 18.3 Å². The van der Waals surface area contributed by atoms with Crippen LogP contribution in [-0.2, 0) is 15.0 Å². The van der Waals surface area contributed by atoms with Crippen molar-refractivity contribution in [3.63, 3.8) is 0 Å². The van der Waals surface area contributed by atoms with Crippen molar-refractivity contribution in [3.8, 4) is 0 Å². The number of piperidine rings is 1. The third-order valence-corrected chi connectivity index (χ3v) is 5.83. The number of rotatable bonds is 4. The summed E-state index contributed by atoms with van der Waals surface area (Å²) in [5.74, 6) is -0.655. The van der Waals surface area contributed by atoms with Crippen molar-refractivity contribution in [2.75, 3.05) is 13.1 Å². The number of hydrogen-bond acceptors (Lipinski definition) is 3. The molecular weight excluding hydrogens is 268 g/mol. The molecule has 0 aromatic carbocycles. The van der Waals surface area contributed by atoms with Crippen molar-refractivity contribution in [1.82, 2.24) is 9.03 Å². The molecule has 0 aromatic heterocycles. The molecule has 0 spiro atoms. The summed E-state index contributed by atoms with van der Waals surface area (Å²) in [4.78, 5) is 10.8. The van der Waals surface area contributed by atoms with Crippen LogP contribution in [0.5, 0.6) is 0 Å². The van der Waals surface area contributed by atoms with E-state index >= 15 is 0 Å². The Labute approximate surface area is 114 Å². The van der Waals surface area contributed by atoms with Gasteiger partial charge in [-0.25, -0.2) is 0 Å². The number of carboxylic acid groups (broad SMARTS) is 1. The number of nitrogens with zero attached hydrogens (tertiary/aromatic N) is 1. The minimum atomic E-state index is -3.45. The third-order valence-electron chi connectivity index (χ3n) is 4.15. The molecule has 1 heterocycles. The van der Waals surface area contributed by atoms with E-state index in [1.165, 1.54) is 4.31 Å². The summed E-state index contributed by atoms with van der Waals surface area (Å²) in [6.07, 6.45) is 3.65. The van der Waals surface area contributed by atoms with Crippen LogP contribution in [0.1, 0.15) is 39.0 Å². The second-order valence-corrected chi connectivity index (χ2v) is 7.45. The van der Waals surface area contributed by atoms with Gasteiger partial charge in [-0.05, 0) is 38.0 Å². The summed E-state index contributed by atoms with van der Waals surface area (Å²) < 4.78 is 28.5. The molecule has 2 fully saturated rings. The highest BCUT2D eigenvalue weighted by molar-refractivity contribution is 7.87. The first-order valence-corrected chi connectivity index (χ1v) is 8.32. The first-order chi connectivity index (χ1) is 8.88. The van der Waals surface area contributed by atoms with Crippen LogP contribution in [-0.4, -0.2) is 42.9 Å². The Morgan fingerprint density at radius 2 is 1.84 bits per heavy atom. The molecule has 2 aliphatic rings. The number of aliphatic carboxylic acids is 1. The summed E-state index contributed by atoms with van der Waals surface area (Å²) in [5, 5.41) is 8.90. The lowest BCUT2D eigenvalue weighted by Gasteiger charge is -2.30. The fraction of sp³-hybridized carbons (Fsp3) is 0.917. The Kier molecular flexibility index (Phi) is 4.47. The summed E-state index contributed by atoms with van der Waals surface area (Å²) in [6.45, 7) is 2.73. The zero-order valence-corrected chi connectivity index (χ0v) is 12.0. The fourth-order valence-corrected chi connectivity index (χ4v) is 4.42. The first kappa shape index (κ1) is 14.7. The molecule has 0 radical (unpaired) electrons. The summed E-state index contributed by atoms with van der Waals surface area (Å²) in [6, 6.07) is 0.0391. The first-order valence-electron chi connectivity index (χ1n) is 6.88. The summed E-state index contributed by atoms with van der Waals surface area (Å²) >= 11 is 0. The molecule has 7 heteroatoms. The quantitative estimate of drug-likeness (QED) is 0.802. The van der Waals surface area contributed by atoms with Crippen molar-refractivity contribution in [2.45, 2.75) is 45.1 Å². The Morgan fingerprint density at radius 3 is 2.32 bits per heavy atom. The van der Waals surface area contributed by atoms with Crippen molar-refractivity contribution in [3.05, 3.63) is 0 Å². The molecule has 2 unspecified atom stereocenters. The Balaban J connectivity index is 1.89. The monoisotopic (exact) mass is 290 g/mol. The van der Waals surface area contributed by atoms with Crippen molar-refractivity contribution in [2.24, 2.45) is 11.8 Å². The normalized spacial score (nSPS) is 30.6. The van der Waals surface area contributed by atoms with Crippen LogP contribution in [0.3, 0.4) is 0 Å². The topological polar surface area (TPSA) is 86.7 Å². The van der Waals surface area contributed by atoms with Crippen LogP contribution < -0.4 is 4.72 Å². The lowest BCUT2D eigenvalue weighted by atomic mass is 9.99. The number of carbonyl (C=O) groups is 1. The van der Waals surface area contributed by atoms with E-state index in [-0.39, 0.29) is 6.04 Å². The van der Waals surface area contributed by atoms with E-state index < -0.39 is 22.1 Å².